The van der Waals surface area contributed by atoms with Gasteiger partial charge in [-0.1, -0.05) is 0 Å². The third-order valence-electron chi connectivity index (χ3n) is 1.14. The zero-order valence-electron chi connectivity index (χ0n) is 5.57. The Morgan fingerprint density at radius 2 is 2.50 bits per heavy atom. The number of carbonyl (C=O) groups excluding carboxylic acids is 1. The predicted octanol–water partition coefficient (Wildman–Crippen LogP) is 0.843. The van der Waals surface area contributed by atoms with E-state index in [0.29, 0.717) is 0 Å². The van der Waals surface area contributed by atoms with Crippen LogP contribution in [0.1, 0.15) is 17.5 Å². The Bertz CT molecular complexity index is 211. The summed E-state index contributed by atoms with van der Waals surface area (Å²) in [6.45, 7) is 1.41. The molecule has 1 heterocycles. The predicted molar refractivity (Wildman–Crippen MR) is 34.7 cm³/mol. The maximum atomic E-state index is 10.9. The molecule has 0 aliphatic rings. The van der Waals surface area contributed by atoms with E-state index in [2.05, 4.69) is 0 Å². The average Bonchev–Trinajstić information content (AvgIpc) is 2.36. The molecule has 0 bridgehead atoms. The van der Waals surface area contributed by atoms with E-state index in [0.717, 1.165) is 0 Å². The van der Waals surface area contributed by atoms with Gasteiger partial charge in [-0.25, -0.2) is 0 Å². The summed E-state index contributed by atoms with van der Waals surface area (Å²) in [5, 5.41) is 8.78. The number of hydrogen-bond donors (Lipinski definition) is 1. The van der Waals surface area contributed by atoms with Crippen LogP contribution in [0.5, 0.6) is 0 Å². The van der Waals surface area contributed by atoms with Crippen LogP contribution in [0, 0.1) is 0 Å². The molecule has 0 saturated heterocycles. The highest BCUT2D eigenvalue weighted by molar-refractivity contribution is 5.96. The van der Waals surface area contributed by atoms with Crippen molar-refractivity contribution in [3.8, 4) is 0 Å². The number of carbonyl (C=O) groups is 1. The van der Waals surface area contributed by atoms with Gasteiger partial charge in [0.25, 0.3) is 0 Å². The molecule has 0 aliphatic heterocycles. The Labute approximate surface area is 58.3 Å². The van der Waals surface area contributed by atoms with E-state index in [1.807, 2.05) is 0 Å². The summed E-state index contributed by atoms with van der Waals surface area (Å²) >= 11 is 0. The van der Waals surface area contributed by atoms with Gasteiger partial charge in [0.2, 0.25) is 5.78 Å². The average molecular weight is 140 g/mol. The van der Waals surface area contributed by atoms with E-state index in [9.17, 15) is 4.79 Å². The molecule has 3 heteroatoms. The molecule has 10 heavy (non-hydrogen) atoms. The van der Waals surface area contributed by atoms with E-state index in [-0.39, 0.29) is 11.5 Å². The summed E-state index contributed by atoms with van der Waals surface area (Å²) in [6, 6.07) is 3.13. The molecule has 0 amide bonds. The first kappa shape index (κ1) is 7.02. The van der Waals surface area contributed by atoms with Crippen molar-refractivity contribution < 1.29 is 14.3 Å². The van der Waals surface area contributed by atoms with E-state index in [1.54, 1.807) is 6.07 Å². The van der Waals surface area contributed by atoms with Crippen molar-refractivity contribution in [2.24, 2.45) is 0 Å². The maximum absolute atomic E-state index is 10.9. The lowest BCUT2D eigenvalue weighted by atomic mass is 10.2. The van der Waals surface area contributed by atoms with E-state index in [1.165, 1.54) is 19.3 Å². The second-order valence-electron chi connectivity index (χ2n) is 2.02. The molecule has 1 rings (SSSR count). The Balaban J connectivity index is 2.78. The van der Waals surface area contributed by atoms with Crippen molar-refractivity contribution in [1.82, 2.24) is 0 Å². The van der Waals surface area contributed by atoms with Gasteiger partial charge >= 0.3 is 0 Å². The SMILES string of the molecule is C[C@@H](O)C(=O)c1ccco1. The summed E-state index contributed by atoms with van der Waals surface area (Å²) in [5.74, 6) is -0.181. The van der Waals surface area contributed by atoms with Crippen LogP contribution in [0.15, 0.2) is 22.8 Å². The largest absolute Gasteiger partial charge is 0.461 e. The molecule has 0 aliphatic carbocycles. The van der Waals surface area contributed by atoms with Gasteiger partial charge < -0.3 is 9.52 Å². The molecule has 1 atom stereocenters. The summed E-state index contributed by atoms with van der Waals surface area (Å²) in [4.78, 5) is 10.9. The first-order valence-corrected chi connectivity index (χ1v) is 2.97. The minimum atomic E-state index is -0.980. The topological polar surface area (TPSA) is 50.4 Å². The van der Waals surface area contributed by atoms with Gasteiger partial charge in [-0.3, -0.25) is 4.79 Å². The van der Waals surface area contributed by atoms with Gasteiger partial charge in [0.1, 0.15) is 6.10 Å². The molecule has 0 fully saturated rings. The third kappa shape index (κ3) is 1.25. The van der Waals surface area contributed by atoms with E-state index >= 15 is 0 Å². The smallest absolute Gasteiger partial charge is 0.226 e. The number of rotatable bonds is 2. The summed E-state index contributed by atoms with van der Waals surface area (Å²) in [7, 11) is 0. The van der Waals surface area contributed by atoms with Crippen LogP contribution in [0.4, 0.5) is 0 Å². The highest BCUT2D eigenvalue weighted by Gasteiger charge is 2.13. The van der Waals surface area contributed by atoms with Gasteiger partial charge in [-0.15, -0.1) is 0 Å². The molecule has 0 radical (unpaired) electrons. The van der Waals surface area contributed by atoms with Crippen LogP contribution >= 0.6 is 0 Å². The number of aliphatic hydroxyl groups excluding tert-OH is 1. The number of aliphatic hydroxyl groups is 1. The molecule has 0 aromatic carbocycles. The van der Waals surface area contributed by atoms with Crippen molar-refractivity contribution in [3.05, 3.63) is 24.2 Å². The lowest BCUT2D eigenvalue weighted by molar-refractivity contribution is 0.0750. The van der Waals surface area contributed by atoms with Gasteiger partial charge in [-0.05, 0) is 19.1 Å². The second-order valence-corrected chi connectivity index (χ2v) is 2.02. The Morgan fingerprint density at radius 1 is 1.80 bits per heavy atom. The van der Waals surface area contributed by atoms with Crippen LogP contribution in [0.3, 0.4) is 0 Å². The monoisotopic (exact) mass is 140 g/mol. The molecule has 54 valence electrons. The first-order valence-electron chi connectivity index (χ1n) is 2.97. The van der Waals surface area contributed by atoms with E-state index < -0.39 is 6.10 Å². The summed E-state index contributed by atoms with van der Waals surface area (Å²) in [6.07, 6.45) is 0.418. The Kier molecular flexibility index (Phi) is 1.87. The zero-order chi connectivity index (χ0) is 7.56. The number of furan rings is 1. The third-order valence-corrected chi connectivity index (χ3v) is 1.14. The van der Waals surface area contributed by atoms with Crippen LogP contribution in [-0.4, -0.2) is 17.0 Å². The highest BCUT2D eigenvalue weighted by atomic mass is 16.3. The minimum absolute atomic E-state index is 0.204. The van der Waals surface area contributed by atoms with Crippen molar-refractivity contribution in [1.29, 1.82) is 0 Å². The number of hydrogen-bond acceptors (Lipinski definition) is 3. The summed E-state index contributed by atoms with van der Waals surface area (Å²) in [5.41, 5.74) is 0. The lowest BCUT2D eigenvalue weighted by Gasteiger charge is -1.96. The fourth-order valence-corrected chi connectivity index (χ4v) is 0.625. The maximum Gasteiger partial charge on any atom is 0.226 e. The quantitative estimate of drug-likeness (QED) is 0.619. The lowest BCUT2D eigenvalue weighted by Crippen LogP contribution is -2.14. The van der Waals surface area contributed by atoms with Crippen LogP contribution in [0.25, 0.3) is 0 Å². The van der Waals surface area contributed by atoms with Crippen molar-refractivity contribution >= 4 is 5.78 Å². The zero-order valence-corrected chi connectivity index (χ0v) is 5.57. The van der Waals surface area contributed by atoms with Crippen LogP contribution in [-0.2, 0) is 0 Å². The molecule has 1 aromatic rings. The van der Waals surface area contributed by atoms with Gasteiger partial charge in [0.05, 0.1) is 6.26 Å². The molecule has 0 saturated carbocycles. The van der Waals surface area contributed by atoms with Crippen molar-refractivity contribution in [2.75, 3.05) is 0 Å². The minimum Gasteiger partial charge on any atom is -0.461 e. The van der Waals surface area contributed by atoms with Crippen molar-refractivity contribution in [2.45, 2.75) is 13.0 Å². The summed E-state index contributed by atoms with van der Waals surface area (Å²) < 4.78 is 4.75. The normalized spacial score (nSPS) is 13.0. The Morgan fingerprint density at radius 3 is 2.90 bits per heavy atom. The molecular formula is C7H8O3. The van der Waals surface area contributed by atoms with Crippen molar-refractivity contribution in [3.63, 3.8) is 0 Å². The van der Waals surface area contributed by atoms with Crippen LogP contribution < -0.4 is 0 Å². The van der Waals surface area contributed by atoms with Gasteiger partial charge in [0.15, 0.2) is 5.76 Å². The molecule has 1 N–H and O–H groups in total. The van der Waals surface area contributed by atoms with Crippen LogP contribution in [0.2, 0.25) is 0 Å². The highest BCUT2D eigenvalue weighted by Crippen LogP contribution is 2.03. The molecule has 0 spiro atoms. The number of ketones is 1. The van der Waals surface area contributed by atoms with E-state index in [4.69, 9.17) is 9.52 Å². The first-order chi connectivity index (χ1) is 4.72. The Hall–Kier alpha value is -1.09. The number of Topliss-reactive ketones (excluding diaryl/α,β-unsaturated/α-hetero) is 1. The fourth-order valence-electron chi connectivity index (χ4n) is 0.625. The van der Waals surface area contributed by atoms with Gasteiger partial charge in [0, 0.05) is 0 Å². The second kappa shape index (κ2) is 2.66. The molecule has 0 unspecified atom stereocenters. The standard InChI is InChI=1S/C7H8O3/c1-5(8)7(9)6-3-2-4-10-6/h2-5,8H,1H3/t5-/m1/s1. The molecule has 1 aromatic heterocycles. The van der Waals surface area contributed by atoms with Gasteiger partial charge in [-0.2, -0.15) is 0 Å². The molecular weight excluding hydrogens is 132 g/mol. The fraction of sp³-hybridized carbons (Fsp3) is 0.286. The molecule has 3 nitrogen and oxygen atoms in total.